The molecule has 0 spiro atoms. The number of halogens is 5. The van der Waals surface area contributed by atoms with Gasteiger partial charge in [-0.3, -0.25) is 9.59 Å². The van der Waals surface area contributed by atoms with E-state index in [1.165, 1.54) is 19.3 Å². The first-order valence-corrected chi connectivity index (χ1v) is 14.4. The third-order valence-corrected chi connectivity index (χ3v) is 8.12. The van der Waals surface area contributed by atoms with Crippen molar-refractivity contribution in [1.29, 1.82) is 0 Å². The molecule has 2 saturated heterocycles. The number of piperazine rings is 1. The van der Waals surface area contributed by atoms with Crippen LogP contribution in [0.3, 0.4) is 0 Å². The summed E-state index contributed by atoms with van der Waals surface area (Å²) in [5.41, 5.74) is -4.60. The number of nitrogens with one attached hydrogen (secondary N) is 1. The van der Waals surface area contributed by atoms with Crippen molar-refractivity contribution in [3.63, 3.8) is 0 Å². The maximum atomic E-state index is 16.6. The minimum absolute atomic E-state index is 0.0312. The Labute approximate surface area is 256 Å². The summed E-state index contributed by atoms with van der Waals surface area (Å²) in [6.45, 7) is 7.77. The zero-order valence-electron chi connectivity index (χ0n) is 25.5. The van der Waals surface area contributed by atoms with E-state index >= 15 is 8.78 Å². The smallest absolute Gasteiger partial charge is 0.372 e. The molecule has 0 unspecified atom stereocenters. The number of amides is 1. The van der Waals surface area contributed by atoms with E-state index in [1.807, 2.05) is 37.6 Å². The van der Waals surface area contributed by atoms with Crippen LogP contribution in [0, 0.1) is 11.6 Å². The molecule has 1 aromatic carbocycles. The number of anilines is 3. The lowest BCUT2D eigenvalue weighted by molar-refractivity contribution is -0.138. The fourth-order valence-corrected chi connectivity index (χ4v) is 5.68. The number of pyridine rings is 1. The van der Waals surface area contributed by atoms with E-state index < -0.39 is 51.7 Å². The number of nitrogens with zero attached hydrogens (tertiary/aromatic N) is 6. The van der Waals surface area contributed by atoms with Gasteiger partial charge in [0.1, 0.15) is 11.5 Å². The number of likely N-dealkylation sites (N-methyl/N-ethyl adjacent to an activating group) is 1. The van der Waals surface area contributed by atoms with Gasteiger partial charge in [0, 0.05) is 70.3 Å². The Balaban J connectivity index is 1.62. The lowest BCUT2D eigenvalue weighted by Gasteiger charge is -2.39. The Morgan fingerprint density at radius 3 is 2.36 bits per heavy atom. The molecule has 1 N–H and O–H groups in total. The number of carbonyl (C=O) groups is 1. The molecule has 10 nitrogen and oxygen atoms in total. The van der Waals surface area contributed by atoms with Gasteiger partial charge in [0.25, 0.3) is 11.5 Å². The van der Waals surface area contributed by atoms with Gasteiger partial charge in [-0.15, -0.1) is 0 Å². The minimum Gasteiger partial charge on any atom is -0.372 e. The SMILES string of the molecule is C[C@@H]1CN(c2nccc(-c3c(F)cc(N4CCN(C)[C@@H](C)C4)c(NC(=O)c4cn(C)c(=O)cc4C(F)(F)F)c3F)n2)C[C@H](C)O1. The number of hydrogen-bond acceptors (Lipinski definition) is 8. The first kappa shape index (κ1) is 32.3. The Hall–Kier alpha value is -4.11. The third-order valence-electron chi connectivity index (χ3n) is 8.12. The van der Waals surface area contributed by atoms with E-state index in [4.69, 9.17) is 4.74 Å². The van der Waals surface area contributed by atoms with Gasteiger partial charge in [0.05, 0.1) is 40.3 Å². The van der Waals surface area contributed by atoms with Crippen LogP contribution in [-0.4, -0.2) is 83.4 Å². The molecule has 15 heteroatoms. The van der Waals surface area contributed by atoms with Gasteiger partial charge in [0.15, 0.2) is 5.82 Å². The largest absolute Gasteiger partial charge is 0.417 e. The van der Waals surface area contributed by atoms with Gasteiger partial charge in [0.2, 0.25) is 5.95 Å². The number of ether oxygens (including phenoxy) is 1. The quantitative estimate of drug-likeness (QED) is 0.418. The molecule has 2 fully saturated rings. The van der Waals surface area contributed by atoms with Crippen LogP contribution in [0.2, 0.25) is 0 Å². The molecule has 0 radical (unpaired) electrons. The van der Waals surface area contributed by atoms with E-state index in [2.05, 4.69) is 15.3 Å². The highest BCUT2D eigenvalue weighted by molar-refractivity contribution is 6.07. The molecular weight excluding hydrogens is 601 g/mol. The molecule has 4 heterocycles. The van der Waals surface area contributed by atoms with Crippen LogP contribution in [0.5, 0.6) is 0 Å². The number of alkyl halides is 3. The summed E-state index contributed by atoms with van der Waals surface area (Å²) in [5, 5.41) is 2.28. The summed E-state index contributed by atoms with van der Waals surface area (Å²) in [5.74, 6) is -3.29. The number of carbonyl (C=O) groups excluding carboxylic acids is 1. The minimum atomic E-state index is -5.05. The van der Waals surface area contributed by atoms with Crippen molar-refractivity contribution in [2.45, 2.75) is 45.2 Å². The molecule has 3 atom stereocenters. The fraction of sp³-hybridized carbons (Fsp3) is 0.467. The maximum Gasteiger partial charge on any atom is 0.417 e. The number of hydrogen-bond donors (Lipinski definition) is 1. The van der Waals surface area contributed by atoms with Crippen molar-refractivity contribution < 1.29 is 31.5 Å². The van der Waals surface area contributed by atoms with Crippen molar-refractivity contribution in [3.8, 4) is 11.3 Å². The summed E-state index contributed by atoms with van der Waals surface area (Å²) < 4.78 is 80.7. The van der Waals surface area contributed by atoms with Crippen molar-refractivity contribution in [3.05, 3.63) is 63.7 Å². The number of aromatic nitrogens is 3. The van der Waals surface area contributed by atoms with E-state index in [0.717, 1.165) is 16.8 Å². The molecule has 2 aromatic heterocycles. The molecule has 3 aromatic rings. The van der Waals surface area contributed by atoms with Crippen LogP contribution in [-0.2, 0) is 18.0 Å². The third kappa shape index (κ3) is 6.64. The highest BCUT2D eigenvalue weighted by Gasteiger charge is 2.37. The Morgan fingerprint density at radius 2 is 1.71 bits per heavy atom. The van der Waals surface area contributed by atoms with E-state index in [-0.39, 0.29) is 35.6 Å². The van der Waals surface area contributed by atoms with Gasteiger partial charge < -0.3 is 29.3 Å². The predicted octanol–water partition coefficient (Wildman–Crippen LogP) is 4.15. The molecule has 0 bridgehead atoms. The van der Waals surface area contributed by atoms with Crippen LogP contribution in [0.1, 0.15) is 36.7 Å². The Kier molecular flexibility index (Phi) is 8.86. The van der Waals surface area contributed by atoms with Gasteiger partial charge in [-0.2, -0.15) is 13.2 Å². The molecular formula is C30H34F5N7O3. The zero-order chi connectivity index (χ0) is 32.8. The van der Waals surface area contributed by atoms with Gasteiger partial charge in [-0.25, -0.2) is 18.7 Å². The highest BCUT2D eigenvalue weighted by Crippen LogP contribution is 2.39. The lowest BCUT2D eigenvalue weighted by atomic mass is 10.0. The Morgan fingerprint density at radius 1 is 1.02 bits per heavy atom. The monoisotopic (exact) mass is 635 g/mol. The summed E-state index contributed by atoms with van der Waals surface area (Å²) in [7, 11) is 3.09. The molecule has 1 amide bonds. The fourth-order valence-electron chi connectivity index (χ4n) is 5.68. The summed E-state index contributed by atoms with van der Waals surface area (Å²) in [6.07, 6.45) is -3.23. The van der Waals surface area contributed by atoms with Crippen LogP contribution in [0.15, 0.2) is 35.4 Å². The lowest BCUT2D eigenvalue weighted by Crippen LogP contribution is -2.50. The first-order chi connectivity index (χ1) is 21.1. The second-order valence-corrected chi connectivity index (χ2v) is 11.6. The van der Waals surface area contributed by atoms with Crippen molar-refractivity contribution in [2.24, 2.45) is 7.05 Å². The number of aryl methyl sites for hydroxylation is 1. The normalized spacial score (nSPS) is 21.2. The molecule has 242 valence electrons. The number of benzene rings is 1. The van der Waals surface area contributed by atoms with Crippen molar-refractivity contribution >= 4 is 23.2 Å². The topological polar surface area (TPSA) is 95.8 Å². The molecule has 0 saturated carbocycles. The van der Waals surface area contributed by atoms with E-state index in [0.29, 0.717) is 38.8 Å². The van der Waals surface area contributed by atoms with Gasteiger partial charge in [-0.05, 0) is 33.9 Å². The van der Waals surface area contributed by atoms with Crippen LogP contribution >= 0.6 is 0 Å². The average molecular weight is 636 g/mol. The predicted molar refractivity (Wildman–Crippen MR) is 159 cm³/mol. The summed E-state index contributed by atoms with van der Waals surface area (Å²) in [6, 6.07) is 2.64. The van der Waals surface area contributed by atoms with Crippen molar-refractivity contribution in [1.82, 2.24) is 19.4 Å². The molecule has 0 aliphatic carbocycles. The van der Waals surface area contributed by atoms with Crippen LogP contribution in [0.4, 0.5) is 39.3 Å². The first-order valence-electron chi connectivity index (χ1n) is 14.4. The van der Waals surface area contributed by atoms with E-state index in [9.17, 15) is 22.8 Å². The molecule has 45 heavy (non-hydrogen) atoms. The van der Waals surface area contributed by atoms with Gasteiger partial charge >= 0.3 is 6.18 Å². The second-order valence-electron chi connectivity index (χ2n) is 11.6. The van der Waals surface area contributed by atoms with E-state index in [1.54, 1.807) is 4.90 Å². The van der Waals surface area contributed by atoms with Crippen LogP contribution in [0.25, 0.3) is 11.3 Å². The molecule has 5 rings (SSSR count). The molecule has 2 aliphatic rings. The molecule has 2 aliphatic heterocycles. The number of rotatable bonds is 5. The summed E-state index contributed by atoms with van der Waals surface area (Å²) in [4.78, 5) is 39.7. The average Bonchev–Trinajstić information content (AvgIpc) is 2.96. The van der Waals surface area contributed by atoms with Gasteiger partial charge in [-0.1, -0.05) is 0 Å². The zero-order valence-corrected chi connectivity index (χ0v) is 25.5. The highest BCUT2D eigenvalue weighted by atomic mass is 19.4. The second kappa shape index (κ2) is 12.4. The maximum absolute atomic E-state index is 16.6. The number of morpholine rings is 1. The Bertz CT molecular complexity index is 1650. The van der Waals surface area contributed by atoms with Crippen molar-refractivity contribution in [2.75, 3.05) is 54.9 Å². The van der Waals surface area contributed by atoms with Crippen LogP contribution < -0.4 is 20.7 Å². The summed E-state index contributed by atoms with van der Waals surface area (Å²) >= 11 is 0. The standard InChI is InChI=1S/C30H34F5N7O3/c1-16-12-41(9-8-39(16)4)23-11-21(31)25(22-6-7-36-29(37-22)42-13-17(2)45-18(3)14-42)26(32)27(23)38-28(44)19-15-40(5)24(43)10-20(19)30(33,34)35/h6-7,10-11,15-18H,8-9,12-14H2,1-5H3,(H,38,44)/t16-,17-,18+/m0/s1.